The Morgan fingerprint density at radius 3 is 2.64 bits per heavy atom. The fourth-order valence-corrected chi connectivity index (χ4v) is 4.34. The van der Waals surface area contributed by atoms with Crippen LogP contribution in [0.5, 0.6) is 0 Å². The first-order valence-corrected chi connectivity index (χ1v) is 9.99. The number of piperidine rings is 1. The van der Waals surface area contributed by atoms with Gasteiger partial charge in [-0.2, -0.15) is 5.10 Å². The molecule has 3 aromatic rings. The molecule has 7 nitrogen and oxygen atoms in total. The van der Waals surface area contributed by atoms with Gasteiger partial charge in [0.1, 0.15) is 10.7 Å². The first-order valence-electron chi connectivity index (χ1n) is 9.11. The fraction of sp³-hybridized carbons (Fsp3) is 0.300. The van der Waals surface area contributed by atoms with Gasteiger partial charge in [-0.1, -0.05) is 24.3 Å². The van der Waals surface area contributed by atoms with Crippen LogP contribution in [-0.4, -0.2) is 49.7 Å². The Bertz CT molecular complexity index is 1020. The number of carbonyl (C=O) groups excluding carboxylic acids is 1. The maximum atomic E-state index is 12.8. The molecule has 0 unspecified atom stereocenters. The normalized spacial score (nSPS) is 15.0. The summed E-state index contributed by atoms with van der Waals surface area (Å²) in [6.07, 6.45) is 4.39. The summed E-state index contributed by atoms with van der Waals surface area (Å²) in [6.45, 7) is 3.24. The first-order chi connectivity index (χ1) is 13.5. The van der Waals surface area contributed by atoms with Crippen molar-refractivity contribution in [2.24, 2.45) is 0 Å². The third-order valence-electron chi connectivity index (χ3n) is 5.07. The van der Waals surface area contributed by atoms with E-state index in [0.29, 0.717) is 18.8 Å². The zero-order chi connectivity index (χ0) is 19.7. The number of hydrogen-bond donors (Lipinski definition) is 1. The Balaban J connectivity index is 1.42. The van der Waals surface area contributed by atoms with Crippen LogP contribution in [0, 0.1) is 6.92 Å². The quantitative estimate of drug-likeness (QED) is 0.729. The number of amides is 1. The van der Waals surface area contributed by atoms with Crippen LogP contribution in [0.2, 0.25) is 0 Å². The van der Waals surface area contributed by atoms with Gasteiger partial charge in [0, 0.05) is 30.2 Å². The molecule has 0 radical (unpaired) electrons. The van der Waals surface area contributed by atoms with Gasteiger partial charge in [0.2, 0.25) is 0 Å². The molecule has 0 atom stereocenters. The Morgan fingerprint density at radius 1 is 1.21 bits per heavy atom. The number of aryl methyl sites for hydroxylation is 1. The average Bonchev–Trinajstić information content (AvgIpc) is 3.38. The SMILES string of the molecule is Cc1ccccc1-c1nc(C(=O)N2CCC(n3cc(C(=O)O)cn3)CC2)cs1. The molecule has 1 aliphatic heterocycles. The van der Waals surface area contributed by atoms with Crippen molar-refractivity contribution in [3.05, 3.63) is 58.9 Å². The van der Waals surface area contributed by atoms with E-state index in [9.17, 15) is 9.59 Å². The summed E-state index contributed by atoms with van der Waals surface area (Å²) >= 11 is 1.48. The maximum absolute atomic E-state index is 12.8. The summed E-state index contributed by atoms with van der Waals surface area (Å²) in [4.78, 5) is 30.2. The second kappa shape index (κ2) is 7.55. The number of hydrogen-bond acceptors (Lipinski definition) is 5. The molecule has 0 spiro atoms. The minimum atomic E-state index is -0.980. The molecule has 1 aromatic carbocycles. The standard InChI is InChI=1S/C20H20N4O3S/c1-13-4-2-3-5-16(13)18-22-17(12-28-18)19(25)23-8-6-15(7-9-23)24-11-14(10-21-24)20(26)27/h2-5,10-12,15H,6-9H2,1H3,(H,26,27). The van der Waals surface area contributed by atoms with Gasteiger partial charge < -0.3 is 10.0 Å². The van der Waals surface area contributed by atoms with E-state index in [1.54, 1.807) is 10.9 Å². The number of benzene rings is 1. The van der Waals surface area contributed by atoms with Crippen molar-refractivity contribution in [3.8, 4) is 10.6 Å². The maximum Gasteiger partial charge on any atom is 0.338 e. The Labute approximate surface area is 166 Å². The van der Waals surface area contributed by atoms with Crippen LogP contribution >= 0.6 is 11.3 Å². The number of carboxylic acid groups (broad SMARTS) is 1. The van der Waals surface area contributed by atoms with E-state index in [4.69, 9.17) is 5.11 Å². The van der Waals surface area contributed by atoms with E-state index in [1.165, 1.54) is 17.5 Å². The molecule has 1 N–H and O–H groups in total. The summed E-state index contributed by atoms with van der Waals surface area (Å²) in [5, 5.41) is 15.9. The van der Waals surface area contributed by atoms with Gasteiger partial charge >= 0.3 is 5.97 Å². The Kier molecular flexibility index (Phi) is 4.95. The second-order valence-electron chi connectivity index (χ2n) is 6.89. The smallest absolute Gasteiger partial charge is 0.338 e. The molecule has 144 valence electrons. The first kappa shape index (κ1) is 18.4. The van der Waals surface area contributed by atoms with Crippen LogP contribution in [0.25, 0.3) is 10.6 Å². The number of aromatic nitrogens is 3. The monoisotopic (exact) mass is 396 g/mol. The topological polar surface area (TPSA) is 88.3 Å². The van der Waals surface area contributed by atoms with Crippen molar-refractivity contribution < 1.29 is 14.7 Å². The molecule has 3 heterocycles. The van der Waals surface area contributed by atoms with Crippen LogP contribution in [-0.2, 0) is 0 Å². The van der Waals surface area contributed by atoms with E-state index in [1.807, 2.05) is 41.5 Å². The molecule has 1 fully saturated rings. The van der Waals surface area contributed by atoms with Gasteiger partial charge in [0.05, 0.1) is 17.8 Å². The highest BCUT2D eigenvalue weighted by Crippen LogP contribution is 2.28. The highest BCUT2D eigenvalue weighted by atomic mass is 32.1. The van der Waals surface area contributed by atoms with E-state index in [2.05, 4.69) is 10.1 Å². The number of carbonyl (C=O) groups is 2. The van der Waals surface area contributed by atoms with Crippen molar-refractivity contribution >= 4 is 23.2 Å². The van der Waals surface area contributed by atoms with Gasteiger partial charge in [-0.25, -0.2) is 9.78 Å². The van der Waals surface area contributed by atoms with Gasteiger partial charge in [0.15, 0.2) is 0 Å². The van der Waals surface area contributed by atoms with Crippen molar-refractivity contribution in [3.63, 3.8) is 0 Å². The lowest BCUT2D eigenvalue weighted by molar-refractivity contribution is 0.0684. The van der Waals surface area contributed by atoms with Crippen LogP contribution < -0.4 is 0 Å². The minimum Gasteiger partial charge on any atom is -0.478 e. The van der Waals surface area contributed by atoms with E-state index >= 15 is 0 Å². The fourth-order valence-electron chi connectivity index (χ4n) is 3.45. The number of carboxylic acids is 1. The zero-order valence-corrected chi connectivity index (χ0v) is 16.2. The molecule has 28 heavy (non-hydrogen) atoms. The summed E-state index contributed by atoms with van der Waals surface area (Å²) in [5.74, 6) is -1.03. The molecule has 1 saturated heterocycles. The molecule has 4 rings (SSSR count). The van der Waals surface area contributed by atoms with Crippen molar-refractivity contribution in [1.82, 2.24) is 19.7 Å². The highest BCUT2D eigenvalue weighted by molar-refractivity contribution is 7.13. The number of nitrogens with zero attached hydrogens (tertiary/aromatic N) is 4. The van der Waals surface area contributed by atoms with Gasteiger partial charge in [0.25, 0.3) is 5.91 Å². The van der Waals surface area contributed by atoms with E-state index in [-0.39, 0.29) is 17.5 Å². The van der Waals surface area contributed by atoms with Crippen molar-refractivity contribution in [2.75, 3.05) is 13.1 Å². The van der Waals surface area contributed by atoms with Gasteiger partial charge in [-0.05, 0) is 25.3 Å². The number of likely N-dealkylation sites (tertiary alicyclic amines) is 1. The largest absolute Gasteiger partial charge is 0.478 e. The third kappa shape index (κ3) is 3.55. The molecule has 0 aliphatic carbocycles. The third-order valence-corrected chi connectivity index (χ3v) is 5.95. The molecule has 1 amide bonds. The number of rotatable bonds is 4. The number of aromatic carboxylic acids is 1. The van der Waals surface area contributed by atoms with Crippen molar-refractivity contribution in [1.29, 1.82) is 0 Å². The zero-order valence-electron chi connectivity index (χ0n) is 15.4. The summed E-state index contributed by atoms with van der Waals surface area (Å²) in [6, 6.07) is 8.12. The number of thiazole rings is 1. The molecular formula is C20H20N4O3S. The van der Waals surface area contributed by atoms with Gasteiger partial charge in [-0.3, -0.25) is 9.48 Å². The minimum absolute atomic E-state index is 0.0544. The molecule has 8 heteroatoms. The lowest BCUT2D eigenvalue weighted by Gasteiger charge is -2.31. The van der Waals surface area contributed by atoms with Crippen LogP contribution in [0.15, 0.2) is 42.0 Å². The molecule has 0 saturated carbocycles. The van der Waals surface area contributed by atoms with E-state index < -0.39 is 5.97 Å². The molecule has 0 bridgehead atoms. The van der Waals surface area contributed by atoms with Crippen LogP contribution in [0.4, 0.5) is 0 Å². The van der Waals surface area contributed by atoms with E-state index in [0.717, 1.165) is 29.0 Å². The molecular weight excluding hydrogens is 376 g/mol. The summed E-state index contributed by atoms with van der Waals surface area (Å²) in [5.41, 5.74) is 2.86. The summed E-state index contributed by atoms with van der Waals surface area (Å²) in [7, 11) is 0. The molecule has 2 aromatic heterocycles. The van der Waals surface area contributed by atoms with Crippen molar-refractivity contribution in [2.45, 2.75) is 25.8 Å². The van der Waals surface area contributed by atoms with Crippen LogP contribution in [0.3, 0.4) is 0 Å². The second-order valence-corrected chi connectivity index (χ2v) is 7.75. The Morgan fingerprint density at radius 2 is 1.96 bits per heavy atom. The highest BCUT2D eigenvalue weighted by Gasteiger charge is 2.27. The Hall–Kier alpha value is -3.00. The predicted octanol–water partition coefficient (Wildman–Crippen LogP) is 3.49. The lowest BCUT2D eigenvalue weighted by Crippen LogP contribution is -2.39. The molecule has 1 aliphatic rings. The average molecular weight is 396 g/mol. The van der Waals surface area contributed by atoms with Crippen LogP contribution in [0.1, 0.15) is 45.3 Å². The van der Waals surface area contributed by atoms with Gasteiger partial charge in [-0.15, -0.1) is 11.3 Å². The lowest BCUT2D eigenvalue weighted by atomic mass is 10.0. The predicted molar refractivity (Wildman–Crippen MR) is 106 cm³/mol. The summed E-state index contributed by atoms with van der Waals surface area (Å²) < 4.78 is 1.70.